The van der Waals surface area contributed by atoms with E-state index in [-0.39, 0.29) is 11.7 Å². The summed E-state index contributed by atoms with van der Waals surface area (Å²) >= 11 is 0. The largest absolute Gasteiger partial charge is 0.378 e. The predicted molar refractivity (Wildman–Crippen MR) is 82.3 cm³/mol. The second-order valence-corrected chi connectivity index (χ2v) is 6.29. The summed E-state index contributed by atoms with van der Waals surface area (Å²) in [6.45, 7) is 11.4. The average Bonchev–Trinajstić information content (AvgIpc) is 2.47. The van der Waals surface area contributed by atoms with E-state index < -0.39 is 5.41 Å². The standard InChI is InChI=1S/C17H25NO2/c1-13(2)16(19)17(3,4)14-5-7-15(8-6-14)18-9-11-20-12-10-18/h5-8,13H,9-12H2,1-4H3. The van der Waals surface area contributed by atoms with Crippen LogP contribution in [0.15, 0.2) is 24.3 Å². The molecule has 2 rings (SSSR count). The zero-order chi connectivity index (χ0) is 14.8. The first-order valence-electron chi connectivity index (χ1n) is 7.40. The van der Waals surface area contributed by atoms with Crippen LogP contribution in [0, 0.1) is 5.92 Å². The second-order valence-electron chi connectivity index (χ2n) is 6.29. The van der Waals surface area contributed by atoms with Gasteiger partial charge < -0.3 is 9.64 Å². The molecule has 0 aliphatic carbocycles. The van der Waals surface area contributed by atoms with Crippen LogP contribution in [0.1, 0.15) is 33.3 Å². The van der Waals surface area contributed by atoms with Crippen molar-refractivity contribution < 1.29 is 9.53 Å². The maximum atomic E-state index is 12.3. The summed E-state index contributed by atoms with van der Waals surface area (Å²) in [4.78, 5) is 14.6. The lowest BCUT2D eigenvalue weighted by Crippen LogP contribution is -2.36. The lowest BCUT2D eigenvalue weighted by atomic mass is 9.76. The molecule has 20 heavy (non-hydrogen) atoms. The summed E-state index contributed by atoms with van der Waals surface area (Å²) in [5.41, 5.74) is 1.88. The van der Waals surface area contributed by atoms with Crippen LogP contribution in [0.4, 0.5) is 5.69 Å². The van der Waals surface area contributed by atoms with Crippen molar-refractivity contribution in [1.82, 2.24) is 0 Å². The Morgan fingerprint density at radius 3 is 2.20 bits per heavy atom. The third kappa shape index (κ3) is 3.04. The molecule has 0 bridgehead atoms. The van der Waals surface area contributed by atoms with E-state index in [0.29, 0.717) is 0 Å². The normalized spacial score (nSPS) is 16.6. The number of ether oxygens (including phenoxy) is 1. The molecule has 0 spiro atoms. The third-order valence-electron chi connectivity index (χ3n) is 4.11. The minimum atomic E-state index is -0.419. The summed E-state index contributed by atoms with van der Waals surface area (Å²) in [6.07, 6.45) is 0. The number of ketones is 1. The van der Waals surface area contributed by atoms with Crippen molar-refractivity contribution in [1.29, 1.82) is 0 Å². The lowest BCUT2D eigenvalue weighted by Gasteiger charge is -2.30. The molecule has 0 saturated carbocycles. The Kier molecular flexibility index (Phi) is 4.48. The SMILES string of the molecule is CC(C)C(=O)C(C)(C)c1ccc(N2CCOCC2)cc1. The molecule has 0 radical (unpaired) electrons. The van der Waals surface area contributed by atoms with Gasteiger partial charge in [-0.25, -0.2) is 0 Å². The summed E-state index contributed by atoms with van der Waals surface area (Å²) in [5.74, 6) is 0.348. The fraction of sp³-hybridized carbons (Fsp3) is 0.588. The van der Waals surface area contributed by atoms with Crippen LogP contribution < -0.4 is 4.90 Å². The van der Waals surface area contributed by atoms with Crippen molar-refractivity contribution in [3.63, 3.8) is 0 Å². The van der Waals surface area contributed by atoms with Gasteiger partial charge in [0.2, 0.25) is 0 Å². The maximum absolute atomic E-state index is 12.3. The number of Topliss-reactive ketones (excluding diaryl/α,β-unsaturated/α-hetero) is 1. The number of nitrogens with zero attached hydrogens (tertiary/aromatic N) is 1. The van der Waals surface area contributed by atoms with Gasteiger partial charge in [-0.15, -0.1) is 0 Å². The second kappa shape index (κ2) is 5.96. The molecular weight excluding hydrogens is 250 g/mol. The molecule has 3 heteroatoms. The van der Waals surface area contributed by atoms with Gasteiger partial charge in [0.1, 0.15) is 5.78 Å². The number of hydrogen-bond acceptors (Lipinski definition) is 3. The summed E-state index contributed by atoms with van der Waals surface area (Å²) in [7, 11) is 0. The van der Waals surface area contributed by atoms with E-state index in [1.165, 1.54) is 5.69 Å². The van der Waals surface area contributed by atoms with E-state index in [9.17, 15) is 4.79 Å². The van der Waals surface area contributed by atoms with Gasteiger partial charge in [-0.2, -0.15) is 0 Å². The molecule has 3 nitrogen and oxygen atoms in total. The molecule has 1 aromatic rings. The Labute approximate surface area is 121 Å². The van der Waals surface area contributed by atoms with E-state index in [1.807, 2.05) is 27.7 Å². The van der Waals surface area contributed by atoms with Crippen molar-refractivity contribution in [3.05, 3.63) is 29.8 Å². The monoisotopic (exact) mass is 275 g/mol. The van der Waals surface area contributed by atoms with Gasteiger partial charge in [0.05, 0.1) is 13.2 Å². The molecule has 1 aliphatic rings. The quantitative estimate of drug-likeness (QED) is 0.846. The van der Waals surface area contributed by atoms with Crippen molar-refractivity contribution in [3.8, 4) is 0 Å². The molecule has 0 aromatic heterocycles. The molecule has 0 N–H and O–H groups in total. The molecule has 1 aromatic carbocycles. The van der Waals surface area contributed by atoms with E-state index in [2.05, 4.69) is 29.2 Å². The number of morpholine rings is 1. The van der Waals surface area contributed by atoms with Crippen LogP contribution in [-0.4, -0.2) is 32.1 Å². The highest BCUT2D eigenvalue weighted by Crippen LogP contribution is 2.29. The van der Waals surface area contributed by atoms with Crippen molar-refractivity contribution in [2.75, 3.05) is 31.2 Å². The van der Waals surface area contributed by atoms with Gasteiger partial charge in [0.15, 0.2) is 0 Å². The van der Waals surface area contributed by atoms with Gasteiger partial charge in [-0.3, -0.25) is 4.79 Å². The number of carbonyl (C=O) groups excluding carboxylic acids is 1. The van der Waals surface area contributed by atoms with Gasteiger partial charge in [0.25, 0.3) is 0 Å². The molecular formula is C17H25NO2. The predicted octanol–water partition coefficient (Wildman–Crippen LogP) is 3.03. The van der Waals surface area contributed by atoms with Crippen molar-refractivity contribution >= 4 is 11.5 Å². The smallest absolute Gasteiger partial charge is 0.145 e. The molecule has 1 aliphatic heterocycles. The van der Waals surface area contributed by atoms with Crippen LogP contribution >= 0.6 is 0 Å². The number of carbonyl (C=O) groups is 1. The number of hydrogen-bond donors (Lipinski definition) is 0. The molecule has 1 saturated heterocycles. The van der Waals surface area contributed by atoms with E-state index >= 15 is 0 Å². The first-order chi connectivity index (χ1) is 9.43. The lowest BCUT2D eigenvalue weighted by molar-refractivity contribution is -0.126. The highest BCUT2D eigenvalue weighted by atomic mass is 16.5. The number of anilines is 1. The van der Waals surface area contributed by atoms with Crippen molar-refractivity contribution in [2.45, 2.75) is 33.1 Å². The van der Waals surface area contributed by atoms with Crippen LogP contribution in [0.25, 0.3) is 0 Å². The summed E-state index contributed by atoms with van der Waals surface area (Å²) in [6, 6.07) is 8.42. The minimum absolute atomic E-state index is 0.0592. The first kappa shape index (κ1) is 15.0. The van der Waals surface area contributed by atoms with Gasteiger partial charge in [0, 0.05) is 30.1 Å². The Morgan fingerprint density at radius 1 is 1.15 bits per heavy atom. The topological polar surface area (TPSA) is 29.5 Å². The third-order valence-corrected chi connectivity index (χ3v) is 4.11. The van der Waals surface area contributed by atoms with Crippen LogP contribution in [0.3, 0.4) is 0 Å². The Morgan fingerprint density at radius 2 is 1.70 bits per heavy atom. The molecule has 1 fully saturated rings. The fourth-order valence-corrected chi connectivity index (χ4v) is 2.77. The van der Waals surface area contributed by atoms with Crippen molar-refractivity contribution in [2.24, 2.45) is 5.92 Å². The summed E-state index contributed by atoms with van der Waals surface area (Å²) < 4.78 is 5.37. The van der Waals surface area contributed by atoms with E-state index in [4.69, 9.17) is 4.74 Å². The van der Waals surface area contributed by atoms with Gasteiger partial charge in [-0.05, 0) is 31.5 Å². The zero-order valence-corrected chi connectivity index (χ0v) is 13.0. The molecule has 1 heterocycles. The highest BCUT2D eigenvalue weighted by Gasteiger charge is 2.31. The maximum Gasteiger partial charge on any atom is 0.145 e. The zero-order valence-electron chi connectivity index (χ0n) is 13.0. The molecule has 0 unspecified atom stereocenters. The molecule has 0 atom stereocenters. The van der Waals surface area contributed by atoms with E-state index in [0.717, 1.165) is 31.9 Å². The Bertz CT molecular complexity index is 456. The Hall–Kier alpha value is -1.35. The number of benzene rings is 1. The first-order valence-corrected chi connectivity index (χ1v) is 7.40. The number of rotatable bonds is 4. The minimum Gasteiger partial charge on any atom is -0.378 e. The molecule has 110 valence electrons. The van der Waals surface area contributed by atoms with E-state index in [1.54, 1.807) is 0 Å². The molecule has 0 amide bonds. The summed E-state index contributed by atoms with van der Waals surface area (Å²) in [5, 5.41) is 0. The fourth-order valence-electron chi connectivity index (χ4n) is 2.77. The van der Waals surface area contributed by atoms with Gasteiger partial charge in [-0.1, -0.05) is 26.0 Å². The van der Waals surface area contributed by atoms with Crippen LogP contribution in [-0.2, 0) is 14.9 Å². The Balaban J connectivity index is 2.17. The highest BCUT2D eigenvalue weighted by molar-refractivity contribution is 5.90. The van der Waals surface area contributed by atoms with Crippen LogP contribution in [0.2, 0.25) is 0 Å². The van der Waals surface area contributed by atoms with Gasteiger partial charge >= 0.3 is 0 Å². The van der Waals surface area contributed by atoms with Crippen LogP contribution in [0.5, 0.6) is 0 Å². The average molecular weight is 275 g/mol.